The van der Waals surface area contributed by atoms with Gasteiger partial charge in [0.2, 0.25) is 0 Å². The van der Waals surface area contributed by atoms with Crippen LogP contribution in [0.5, 0.6) is 0 Å². The number of para-hydroxylation sites is 1. The first kappa shape index (κ1) is 18.2. The van der Waals surface area contributed by atoms with Crippen LogP contribution < -0.4 is 4.90 Å². The average molecular weight is 320 g/mol. The molecule has 1 aromatic rings. The summed E-state index contributed by atoms with van der Waals surface area (Å²) in [6.07, 6.45) is 0.198. The van der Waals surface area contributed by atoms with Gasteiger partial charge < -0.3 is 14.7 Å². The van der Waals surface area contributed by atoms with Gasteiger partial charge >= 0.3 is 0 Å². The Hall–Kier alpha value is -1.10. The predicted octanol–water partition coefficient (Wildman–Crippen LogP) is 2.89. The molecule has 23 heavy (non-hydrogen) atoms. The standard InChI is InChI=1S/C19H32N2O2/c1-14(2)20(10-15(3)22)13-18-8-6-7-9-19(18)21-11-16(4)23-17(5)12-21/h6-9,14-17,22H,10-13H2,1-5H3. The summed E-state index contributed by atoms with van der Waals surface area (Å²) in [6.45, 7) is 13.9. The quantitative estimate of drug-likeness (QED) is 0.874. The minimum atomic E-state index is -0.312. The number of benzene rings is 1. The van der Waals surface area contributed by atoms with E-state index in [1.54, 1.807) is 0 Å². The van der Waals surface area contributed by atoms with Gasteiger partial charge in [-0.05, 0) is 46.2 Å². The van der Waals surface area contributed by atoms with Crippen molar-refractivity contribution in [3.63, 3.8) is 0 Å². The van der Waals surface area contributed by atoms with Crippen LogP contribution in [0, 0.1) is 0 Å². The van der Waals surface area contributed by atoms with E-state index in [1.165, 1.54) is 11.3 Å². The van der Waals surface area contributed by atoms with E-state index in [1.807, 2.05) is 6.92 Å². The third-order valence-electron chi connectivity index (χ3n) is 4.35. The van der Waals surface area contributed by atoms with Gasteiger partial charge in [-0.15, -0.1) is 0 Å². The predicted molar refractivity (Wildman–Crippen MR) is 95.9 cm³/mol. The Labute approximate surface area is 141 Å². The number of nitrogens with zero attached hydrogens (tertiary/aromatic N) is 2. The number of morpholine rings is 1. The third kappa shape index (κ3) is 5.20. The average Bonchev–Trinajstić information content (AvgIpc) is 2.45. The summed E-state index contributed by atoms with van der Waals surface area (Å²) >= 11 is 0. The van der Waals surface area contributed by atoms with E-state index in [0.29, 0.717) is 12.6 Å². The Bertz CT molecular complexity index is 480. The van der Waals surface area contributed by atoms with Crippen LogP contribution in [0.25, 0.3) is 0 Å². The number of aliphatic hydroxyl groups excluding tert-OH is 1. The van der Waals surface area contributed by atoms with Crippen LogP contribution in [0.2, 0.25) is 0 Å². The second-order valence-corrected chi connectivity index (χ2v) is 7.16. The van der Waals surface area contributed by atoms with Crippen molar-refractivity contribution in [2.24, 2.45) is 0 Å². The van der Waals surface area contributed by atoms with Crippen molar-refractivity contribution in [1.29, 1.82) is 0 Å². The van der Waals surface area contributed by atoms with Gasteiger partial charge in [-0.2, -0.15) is 0 Å². The van der Waals surface area contributed by atoms with Crippen molar-refractivity contribution < 1.29 is 9.84 Å². The fourth-order valence-corrected chi connectivity index (χ4v) is 3.34. The molecule has 3 unspecified atom stereocenters. The highest BCUT2D eigenvalue weighted by atomic mass is 16.5. The highest BCUT2D eigenvalue weighted by molar-refractivity contribution is 5.54. The first-order valence-corrected chi connectivity index (χ1v) is 8.77. The molecule has 1 N–H and O–H groups in total. The van der Waals surface area contributed by atoms with E-state index in [2.05, 4.69) is 61.8 Å². The smallest absolute Gasteiger partial charge is 0.0726 e. The van der Waals surface area contributed by atoms with Gasteiger partial charge in [0.15, 0.2) is 0 Å². The van der Waals surface area contributed by atoms with Crippen molar-refractivity contribution in [3.8, 4) is 0 Å². The fraction of sp³-hybridized carbons (Fsp3) is 0.684. The molecule has 3 atom stereocenters. The van der Waals surface area contributed by atoms with Gasteiger partial charge in [-0.3, -0.25) is 4.90 Å². The molecule has 0 radical (unpaired) electrons. The van der Waals surface area contributed by atoms with Crippen molar-refractivity contribution in [2.75, 3.05) is 24.5 Å². The van der Waals surface area contributed by atoms with Crippen LogP contribution in [0.4, 0.5) is 5.69 Å². The lowest BCUT2D eigenvalue weighted by Gasteiger charge is -2.38. The van der Waals surface area contributed by atoms with Crippen molar-refractivity contribution in [3.05, 3.63) is 29.8 Å². The van der Waals surface area contributed by atoms with E-state index in [9.17, 15) is 5.11 Å². The van der Waals surface area contributed by atoms with Gasteiger partial charge in [0.05, 0.1) is 18.3 Å². The molecule has 1 aromatic carbocycles. The van der Waals surface area contributed by atoms with E-state index >= 15 is 0 Å². The maximum Gasteiger partial charge on any atom is 0.0726 e. The summed E-state index contributed by atoms with van der Waals surface area (Å²) in [4.78, 5) is 4.77. The molecule has 130 valence electrons. The minimum Gasteiger partial charge on any atom is -0.392 e. The van der Waals surface area contributed by atoms with Gasteiger partial charge in [-0.25, -0.2) is 0 Å². The largest absolute Gasteiger partial charge is 0.392 e. The van der Waals surface area contributed by atoms with Crippen LogP contribution in [0.3, 0.4) is 0 Å². The number of ether oxygens (including phenoxy) is 1. The molecule has 0 aliphatic carbocycles. The summed E-state index contributed by atoms with van der Waals surface area (Å²) in [5, 5.41) is 9.77. The maximum atomic E-state index is 9.77. The Morgan fingerprint density at radius 2 is 1.78 bits per heavy atom. The molecular weight excluding hydrogens is 288 g/mol. The summed E-state index contributed by atoms with van der Waals surface area (Å²) in [7, 11) is 0. The van der Waals surface area contributed by atoms with E-state index in [4.69, 9.17) is 4.74 Å². The lowest BCUT2D eigenvalue weighted by molar-refractivity contribution is -0.00531. The molecule has 1 saturated heterocycles. The minimum absolute atomic E-state index is 0.255. The van der Waals surface area contributed by atoms with Crippen molar-refractivity contribution >= 4 is 5.69 Å². The number of hydrogen-bond donors (Lipinski definition) is 1. The zero-order valence-electron chi connectivity index (χ0n) is 15.2. The highest BCUT2D eigenvalue weighted by Gasteiger charge is 2.24. The van der Waals surface area contributed by atoms with Gasteiger partial charge in [0, 0.05) is 37.9 Å². The molecule has 4 nitrogen and oxygen atoms in total. The lowest BCUT2D eigenvalue weighted by atomic mass is 10.1. The van der Waals surface area contributed by atoms with Crippen LogP contribution in [-0.4, -0.2) is 54.0 Å². The molecule has 1 aliphatic heterocycles. The van der Waals surface area contributed by atoms with E-state index in [-0.39, 0.29) is 18.3 Å². The first-order chi connectivity index (χ1) is 10.9. The molecule has 2 rings (SSSR count). The Morgan fingerprint density at radius 1 is 1.17 bits per heavy atom. The molecule has 0 amide bonds. The number of aliphatic hydroxyl groups is 1. The third-order valence-corrected chi connectivity index (χ3v) is 4.35. The zero-order chi connectivity index (χ0) is 17.0. The molecule has 0 aromatic heterocycles. The number of rotatable bonds is 6. The van der Waals surface area contributed by atoms with Crippen molar-refractivity contribution in [1.82, 2.24) is 4.90 Å². The number of hydrogen-bond acceptors (Lipinski definition) is 4. The van der Waals surface area contributed by atoms with E-state index in [0.717, 1.165) is 19.6 Å². The molecule has 0 bridgehead atoms. The second kappa shape index (κ2) is 8.13. The SMILES string of the molecule is CC(O)CN(Cc1ccccc1N1CC(C)OC(C)C1)C(C)C. The van der Waals surface area contributed by atoms with Gasteiger partial charge in [-0.1, -0.05) is 18.2 Å². The summed E-state index contributed by atoms with van der Waals surface area (Å²) in [5.74, 6) is 0. The first-order valence-electron chi connectivity index (χ1n) is 8.77. The van der Waals surface area contributed by atoms with Crippen LogP contribution in [-0.2, 0) is 11.3 Å². The van der Waals surface area contributed by atoms with Crippen molar-refractivity contribution in [2.45, 2.75) is 65.5 Å². The Balaban J connectivity index is 2.19. The lowest BCUT2D eigenvalue weighted by Crippen LogP contribution is -2.46. The Morgan fingerprint density at radius 3 is 2.35 bits per heavy atom. The molecule has 4 heteroatoms. The normalized spacial score (nSPS) is 23.6. The van der Waals surface area contributed by atoms with Crippen LogP contribution in [0.1, 0.15) is 40.2 Å². The van der Waals surface area contributed by atoms with Crippen LogP contribution in [0.15, 0.2) is 24.3 Å². The summed E-state index contributed by atoms with van der Waals surface area (Å²) in [6, 6.07) is 9.03. The molecule has 0 spiro atoms. The highest BCUT2D eigenvalue weighted by Crippen LogP contribution is 2.26. The maximum absolute atomic E-state index is 9.77. The molecule has 1 aliphatic rings. The molecule has 1 fully saturated rings. The Kier molecular flexibility index (Phi) is 6.45. The van der Waals surface area contributed by atoms with Gasteiger partial charge in [0.25, 0.3) is 0 Å². The molecule has 1 heterocycles. The molecule has 0 saturated carbocycles. The summed E-state index contributed by atoms with van der Waals surface area (Å²) < 4.78 is 5.86. The molecular formula is C19H32N2O2. The van der Waals surface area contributed by atoms with E-state index < -0.39 is 0 Å². The monoisotopic (exact) mass is 320 g/mol. The zero-order valence-corrected chi connectivity index (χ0v) is 15.2. The second-order valence-electron chi connectivity index (χ2n) is 7.16. The van der Waals surface area contributed by atoms with Crippen LogP contribution >= 0.6 is 0 Å². The topological polar surface area (TPSA) is 35.9 Å². The fourth-order valence-electron chi connectivity index (χ4n) is 3.34. The summed E-state index contributed by atoms with van der Waals surface area (Å²) in [5.41, 5.74) is 2.62. The van der Waals surface area contributed by atoms with Gasteiger partial charge in [0.1, 0.15) is 0 Å². The number of anilines is 1.